The van der Waals surface area contributed by atoms with Crippen molar-refractivity contribution in [2.75, 3.05) is 50.8 Å². The van der Waals surface area contributed by atoms with Crippen LogP contribution in [0.3, 0.4) is 0 Å². The number of fused-ring (bicyclic) bond motifs is 6. The summed E-state index contributed by atoms with van der Waals surface area (Å²) < 4.78 is 101. The highest BCUT2D eigenvalue weighted by atomic mass is 32.2. The van der Waals surface area contributed by atoms with Crippen molar-refractivity contribution >= 4 is 86.1 Å². The molecule has 0 spiro atoms. The molecular weight excluding hydrogens is 1230 g/mol. The quantitative estimate of drug-likeness (QED) is 0.0385. The van der Waals surface area contributed by atoms with Crippen molar-refractivity contribution in [2.24, 2.45) is 15.7 Å². The molecule has 8 rings (SSSR count). The lowest BCUT2D eigenvalue weighted by Crippen LogP contribution is -2.61. The molecule has 0 saturated carbocycles. The van der Waals surface area contributed by atoms with E-state index in [4.69, 9.17) is 49.0 Å². The van der Waals surface area contributed by atoms with Crippen molar-refractivity contribution in [1.29, 1.82) is 0 Å². The van der Waals surface area contributed by atoms with Gasteiger partial charge in [0.2, 0.25) is 11.4 Å². The number of carbonyl (C=O) groups is 2. The number of hydrogen-bond acceptors (Lipinski definition) is 17. The number of halogens is 2. The van der Waals surface area contributed by atoms with Crippen LogP contribution in [0, 0.1) is 27.0 Å². The van der Waals surface area contributed by atoms with Crippen molar-refractivity contribution in [3.05, 3.63) is 123 Å². The van der Waals surface area contributed by atoms with E-state index in [1.807, 2.05) is 6.92 Å². The predicted octanol–water partition coefficient (Wildman–Crippen LogP) is 8.32. The van der Waals surface area contributed by atoms with Gasteiger partial charge in [0.1, 0.15) is 62.6 Å². The monoisotopic (exact) mass is 1310 g/mol. The van der Waals surface area contributed by atoms with Crippen molar-refractivity contribution in [3.8, 4) is 11.5 Å². The van der Waals surface area contributed by atoms with E-state index in [2.05, 4.69) is 43.5 Å². The Balaban J connectivity index is 0.00000120. The number of aromatic carboxylic acids is 1. The number of rotatable bonds is 12. The number of sulfone groups is 2. The van der Waals surface area contributed by atoms with Gasteiger partial charge in [-0.25, -0.2) is 40.1 Å². The second-order valence-electron chi connectivity index (χ2n) is 20.8. The molecule has 87 heavy (non-hydrogen) atoms. The number of carboxylic acids is 1. The molecule has 2 aromatic heterocycles. The Morgan fingerprint density at radius 3 is 1.55 bits per heavy atom. The van der Waals surface area contributed by atoms with Gasteiger partial charge < -0.3 is 52.3 Å². The summed E-state index contributed by atoms with van der Waals surface area (Å²) in [5.74, 6) is -0.737. The Morgan fingerprint density at radius 1 is 0.713 bits per heavy atom. The number of alkyl halides is 2. The smallest absolute Gasteiger partial charge is 0.354 e. The lowest BCUT2D eigenvalue weighted by atomic mass is 9.84. The molecule has 4 aliphatic rings. The normalized spacial score (nSPS) is 20.8. The number of nitrogens with two attached hydrogens (primary N) is 2. The van der Waals surface area contributed by atoms with Crippen LogP contribution in [0.4, 0.5) is 25.8 Å². The number of nitrogens with zero attached hydrogens (tertiary/aromatic N) is 6. The molecule has 0 bridgehead atoms. The molecule has 4 aromatic rings. The lowest BCUT2D eigenvalue weighted by molar-refractivity contribution is 0.0689. The summed E-state index contributed by atoms with van der Waals surface area (Å²) in [6, 6.07) is 12.9. The third kappa shape index (κ3) is 18.5. The number of pyridine rings is 2. The van der Waals surface area contributed by atoms with Crippen LogP contribution in [0.25, 0.3) is 9.69 Å². The first kappa shape index (κ1) is 80.9. The Hall–Kier alpha value is -6.08. The Morgan fingerprint density at radius 2 is 1.16 bits per heavy atom. The second-order valence-corrected chi connectivity index (χ2v) is 28.5. The fraction of sp³-hybridized carbons (Fsp3) is 0.509. The highest BCUT2D eigenvalue weighted by molar-refractivity contribution is 7.94. The first-order valence-electron chi connectivity index (χ1n) is 26.8. The summed E-state index contributed by atoms with van der Waals surface area (Å²) in [6.07, 6.45) is 8.78. The zero-order chi connectivity index (χ0) is 63.4. The average molecular weight is 1320 g/mol. The SMILES string of the molecule is CC1=N[C@]2(CF)c3cc(N)ccc3OCC[C@@H]2S(=O)(=O)C1(C)C.CCCP=O.CCCPO.CCCPO.O.O.O.[C-]#[N+]c1cnc(C(=O)Cc2ccc3c(c2)[C@@]2(CF)N=C(N)C(C)(C)S(=O)(=O)[C@H]2CCO3)c(C)c1.[C-]#[N+]c1cnc(C(=O)O)c(C)c1. The molecule has 23 nitrogen and oxygen atoms in total. The van der Waals surface area contributed by atoms with Gasteiger partial charge in [-0.1, -0.05) is 39.7 Å². The molecule has 0 aliphatic carbocycles. The fourth-order valence-electron chi connectivity index (χ4n) is 9.19. The molecule has 6 atom stereocenters. The fourth-order valence-corrected chi connectivity index (χ4v) is 14.4. The molecule has 0 amide bonds. The van der Waals surface area contributed by atoms with Gasteiger partial charge in [-0.05, 0) is 126 Å². The zero-order valence-corrected chi connectivity index (χ0v) is 55.0. The van der Waals surface area contributed by atoms with E-state index in [1.54, 1.807) is 77.1 Å². The molecule has 482 valence electrons. The van der Waals surface area contributed by atoms with Gasteiger partial charge in [-0.2, -0.15) is 0 Å². The largest absolute Gasteiger partial charge is 0.493 e. The number of ketones is 1. The van der Waals surface area contributed by atoms with Gasteiger partial charge in [0, 0.05) is 78.0 Å². The number of nitrogen functional groups attached to an aromatic ring is 1. The van der Waals surface area contributed by atoms with E-state index in [9.17, 15) is 39.8 Å². The molecular formula is C57H83F2N8O15P3S2. The van der Waals surface area contributed by atoms with Gasteiger partial charge in [0.25, 0.3) is 0 Å². The number of amidine groups is 1. The van der Waals surface area contributed by atoms with Gasteiger partial charge in [-0.3, -0.25) is 29.3 Å². The maximum Gasteiger partial charge on any atom is 0.354 e. The molecule has 0 fully saturated rings. The number of benzene rings is 2. The van der Waals surface area contributed by atoms with Crippen LogP contribution < -0.4 is 20.9 Å². The predicted molar refractivity (Wildman–Crippen MR) is 342 cm³/mol. The van der Waals surface area contributed by atoms with Gasteiger partial charge in [-0.15, -0.1) is 0 Å². The third-order valence-electron chi connectivity index (χ3n) is 14.3. The van der Waals surface area contributed by atoms with E-state index in [1.165, 1.54) is 32.3 Å². The Bertz CT molecular complexity index is 3360. The molecule has 0 saturated heterocycles. The van der Waals surface area contributed by atoms with E-state index in [0.29, 0.717) is 56.5 Å². The molecule has 2 aromatic carbocycles. The van der Waals surface area contributed by atoms with Crippen molar-refractivity contribution in [2.45, 2.75) is 139 Å². The van der Waals surface area contributed by atoms with Gasteiger partial charge in [0.15, 0.2) is 33.9 Å². The highest BCUT2D eigenvalue weighted by Crippen LogP contribution is 2.51. The van der Waals surface area contributed by atoms with E-state index >= 15 is 0 Å². The summed E-state index contributed by atoms with van der Waals surface area (Å²) in [7, 11) is -6.97. The minimum atomic E-state index is -3.92. The molecule has 4 aliphatic heterocycles. The van der Waals surface area contributed by atoms with Crippen LogP contribution in [-0.2, 0) is 41.7 Å². The summed E-state index contributed by atoms with van der Waals surface area (Å²) in [4.78, 5) is 62.8. The lowest BCUT2D eigenvalue weighted by Gasteiger charge is -2.44. The van der Waals surface area contributed by atoms with E-state index in [0.717, 1.165) is 37.7 Å². The first-order valence-corrected chi connectivity index (χ1v) is 33.2. The maximum absolute atomic E-state index is 14.8. The van der Waals surface area contributed by atoms with Crippen molar-refractivity contribution < 1.29 is 80.6 Å². The summed E-state index contributed by atoms with van der Waals surface area (Å²) in [6.45, 7) is 29.3. The minimum absolute atomic E-state index is 0. The molecule has 2 unspecified atom stereocenters. The summed E-state index contributed by atoms with van der Waals surface area (Å²) >= 11 is 0. The standard InChI is InChI=1S/C24H25FN4O4S.C16H21FN2O3S.C8H6N2O2.2C3H9OP.C3H7OP.3H2O/c1-14-9-16(27-4)12-28-21(14)18(30)11-15-5-6-19-17(10-15)24(13-25)20(7-8-33-19)34(31,32)23(2,3)22(26)29-24;1-10-15(2,3)23(20,21)14-6-7-22-13-5-4-11(18)8-12(13)16(14,9-17)19-10;1-5-3-6(9-2)4-10-7(5)8(11)12;3*1-2-3-5-4;;;/h5-6,9-10,12,20H,7-8,11,13H2,1-3H3,(H2,26,29);4-5,8,14H,6-7,9,18H2,1-3H3;3-4H,1H3,(H,11,12);2*4-5H,2-3H2,1H3;2-3H2,1H3;3*1H2/t20-,24+;14-,16+;;;;;;;/m00......./s1. The number of ether oxygens (including phenoxy) is 2. The van der Waals surface area contributed by atoms with Crippen molar-refractivity contribution in [1.82, 2.24) is 9.97 Å². The zero-order valence-electron chi connectivity index (χ0n) is 50.5. The highest BCUT2D eigenvalue weighted by Gasteiger charge is 2.61. The van der Waals surface area contributed by atoms with Crippen LogP contribution in [0.2, 0.25) is 0 Å². The summed E-state index contributed by atoms with van der Waals surface area (Å²) in [5.41, 5.74) is 12.8. The number of anilines is 1. The second kappa shape index (κ2) is 35.8. The minimum Gasteiger partial charge on any atom is -0.493 e. The van der Waals surface area contributed by atoms with Crippen LogP contribution in [-0.4, -0.2) is 146 Å². The Kier molecular flexibility index (Phi) is 33.3. The van der Waals surface area contributed by atoms with E-state index in [-0.39, 0.29) is 104 Å². The number of aliphatic imine (C=N–C) groups is 2. The Labute approximate surface area is 514 Å². The van der Waals surface area contributed by atoms with Gasteiger partial charge >= 0.3 is 5.97 Å². The number of aryl methyl sites for hydroxylation is 2. The molecule has 6 heterocycles. The topological polar surface area (TPSA) is 404 Å². The first-order chi connectivity index (χ1) is 39.5. The maximum atomic E-state index is 14.8. The average Bonchev–Trinajstić information content (AvgIpc) is 1.66. The number of hydrogen-bond donors (Lipinski definition) is 5. The molecule has 0 radical (unpaired) electrons. The van der Waals surface area contributed by atoms with Crippen molar-refractivity contribution in [3.63, 3.8) is 0 Å². The van der Waals surface area contributed by atoms with Crippen LogP contribution in [0.15, 0.2) is 70.9 Å². The number of Topliss-reactive ketones (excluding diaryl/α,β-unsaturated/α-hetero) is 1. The molecule has 30 heteroatoms. The van der Waals surface area contributed by atoms with E-state index < -0.39 is 70.1 Å². The van der Waals surface area contributed by atoms with Crippen LogP contribution in [0.1, 0.15) is 136 Å². The van der Waals surface area contributed by atoms with Gasteiger partial charge in [0.05, 0.1) is 36.9 Å². The van der Waals surface area contributed by atoms with Crippen LogP contribution >= 0.6 is 26.1 Å². The number of carbonyl (C=O) groups excluding carboxylic acids is 1. The third-order valence-corrected chi connectivity index (χ3v) is 22.5. The number of aromatic nitrogens is 2. The number of carboxylic acid groups (broad SMARTS) is 1. The molecule has 13 N–H and O–H groups in total. The summed E-state index contributed by atoms with van der Waals surface area (Å²) in [5, 5.41) is 6.46. The van der Waals surface area contributed by atoms with Crippen LogP contribution in [0.5, 0.6) is 11.5 Å².